The molecule has 108 valence electrons. The maximum atomic E-state index is 12.4. The lowest BCUT2D eigenvalue weighted by atomic mass is 10.1. The predicted molar refractivity (Wildman–Crippen MR) is 77.9 cm³/mol. The number of aromatic nitrogens is 2. The van der Waals surface area contributed by atoms with Crippen LogP contribution in [-0.4, -0.2) is 18.6 Å². The van der Waals surface area contributed by atoms with Gasteiger partial charge < -0.3 is 5.73 Å². The van der Waals surface area contributed by atoms with Crippen molar-refractivity contribution in [1.29, 1.82) is 0 Å². The van der Waals surface area contributed by atoms with Gasteiger partial charge >= 0.3 is 0 Å². The summed E-state index contributed by atoms with van der Waals surface area (Å²) < 4.78 is 27.5. The highest BCUT2D eigenvalue weighted by Crippen LogP contribution is 2.23. The number of sulfonamides is 1. The van der Waals surface area contributed by atoms with Crippen LogP contribution in [0.15, 0.2) is 23.1 Å². The second-order valence-corrected chi connectivity index (χ2v) is 6.37. The molecule has 0 aliphatic heterocycles. The Hall–Kier alpha value is -1.86. The maximum absolute atomic E-state index is 12.4. The molecule has 2 rings (SSSR count). The molecular weight excluding hydrogens is 276 g/mol. The molecule has 7 heteroatoms. The molecule has 1 aromatic heterocycles. The minimum atomic E-state index is -3.63. The molecular formula is C13H18N4O2S. The monoisotopic (exact) mass is 294 g/mol. The molecule has 0 saturated heterocycles. The third-order valence-electron chi connectivity index (χ3n) is 3.13. The number of nitrogens with two attached hydrogens (primary N) is 1. The van der Waals surface area contributed by atoms with E-state index in [9.17, 15) is 8.42 Å². The summed E-state index contributed by atoms with van der Waals surface area (Å²) >= 11 is 0. The first kappa shape index (κ1) is 14.5. The van der Waals surface area contributed by atoms with Crippen molar-refractivity contribution in [3.8, 4) is 0 Å². The van der Waals surface area contributed by atoms with Crippen LogP contribution in [0.4, 0.5) is 5.69 Å². The summed E-state index contributed by atoms with van der Waals surface area (Å²) in [7, 11) is -3.63. The third-order valence-corrected chi connectivity index (χ3v) is 4.64. The minimum absolute atomic E-state index is 0.245. The van der Waals surface area contributed by atoms with Crippen molar-refractivity contribution in [3.05, 3.63) is 40.7 Å². The summed E-state index contributed by atoms with van der Waals surface area (Å²) in [5, 5.41) is 6.73. The first-order valence-electron chi connectivity index (χ1n) is 6.19. The highest BCUT2D eigenvalue weighted by Gasteiger charge is 2.20. The van der Waals surface area contributed by atoms with E-state index in [0.29, 0.717) is 29.2 Å². The van der Waals surface area contributed by atoms with Gasteiger partial charge in [-0.05, 0) is 38.0 Å². The van der Waals surface area contributed by atoms with Gasteiger partial charge in [0.15, 0.2) is 0 Å². The number of nitrogens with zero attached hydrogens (tertiary/aromatic N) is 1. The van der Waals surface area contributed by atoms with E-state index in [1.54, 1.807) is 39.0 Å². The molecule has 20 heavy (non-hydrogen) atoms. The molecule has 1 aromatic carbocycles. The van der Waals surface area contributed by atoms with Crippen molar-refractivity contribution < 1.29 is 8.42 Å². The van der Waals surface area contributed by atoms with Gasteiger partial charge in [-0.15, -0.1) is 0 Å². The van der Waals surface area contributed by atoms with E-state index in [1.807, 2.05) is 0 Å². The molecule has 0 aliphatic rings. The van der Waals surface area contributed by atoms with Crippen LogP contribution in [0, 0.1) is 20.8 Å². The van der Waals surface area contributed by atoms with Crippen molar-refractivity contribution in [1.82, 2.24) is 10.2 Å². The number of H-pyrrole nitrogens is 1. The number of aromatic amines is 1. The fraction of sp³-hybridized carbons (Fsp3) is 0.308. The van der Waals surface area contributed by atoms with Crippen molar-refractivity contribution in [3.63, 3.8) is 0 Å². The molecule has 4 N–H and O–H groups in total. The van der Waals surface area contributed by atoms with Gasteiger partial charge in [0.05, 0.1) is 22.0 Å². The Morgan fingerprint density at radius 2 is 2.00 bits per heavy atom. The van der Waals surface area contributed by atoms with Crippen molar-refractivity contribution in [2.24, 2.45) is 5.73 Å². The number of anilines is 1. The molecule has 0 fully saturated rings. The topological polar surface area (TPSA) is 101 Å². The molecule has 0 amide bonds. The highest BCUT2D eigenvalue weighted by molar-refractivity contribution is 7.92. The van der Waals surface area contributed by atoms with Gasteiger partial charge in [-0.1, -0.05) is 12.1 Å². The number of nitrogens with one attached hydrogen (secondary N) is 2. The summed E-state index contributed by atoms with van der Waals surface area (Å²) in [5.74, 6) is 0. The average molecular weight is 294 g/mol. The summed E-state index contributed by atoms with van der Waals surface area (Å²) in [6.45, 7) is 5.64. The van der Waals surface area contributed by atoms with Crippen LogP contribution in [0.1, 0.15) is 22.5 Å². The molecule has 1 heterocycles. The van der Waals surface area contributed by atoms with Crippen molar-refractivity contribution in [2.45, 2.75) is 32.2 Å². The van der Waals surface area contributed by atoms with E-state index < -0.39 is 10.0 Å². The first-order chi connectivity index (χ1) is 9.35. The van der Waals surface area contributed by atoms with E-state index >= 15 is 0 Å². The lowest BCUT2D eigenvalue weighted by Gasteiger charge is -2.11. The number of hydrogen-bond donors (Lipinski definition) is 3. The van der Waals surface area contributed by atoms with Crippen LogP contribution in [0.5, 0.6) is 0 Å². The third kappa shape index (κ3) is 2.68. The molecule has 2 aromatic rings. The molecule has 0 bridgehead atoms. The lowest BCUT2D eigenvalue weighted by molar-refractivity contribution is 0.600. The number of rotatable bonds is 4. The average Bonchev–Trinajstić information content (AvgIpc) is 2.69. The van der Waals surface area contributed by atoms with Crippen molar-refractivity contribution >= 4 is 15.7 Å². The summed E-state index contributed by atoms with van der Waals surface area (Å²) in [5.41, 5.74) is 8.90. The molecule has 0 spiro atoms. The Labute approximate surface area is 118 Å². The minimum Gasteiger partial charge on any atom is -0.326 e. The quantitative estimate of drug-likeness (QED) is 0.797. The maximum Gasteiger partial charge on any atom is 0.262 e. The van der Waals surface area contributed by atoms with E-state index in [2.05, 4.69) is 14.9 Å². The zero-order valence-corrected chi connectivity index (χ0v) is 12.5. The smallest absolute Gasteiger partial charge is 0.262 e. The van der Waals surface area contributed by atoms with Crippen LogP contribution in [0.25, 0.3) is 0 Å². The zero-order valence-electron chi connectivity index (χ0n) is 11.7. The Morgan fingerprint density at radius 1 is 1.30 bits per heavy atom. The van der Waals surface area contributed by atoms with Gasteiger partial charge in [0.1, 0.15) is 0 Å². The van der Waals surface area contributed by atoms with Gasteiger partial charge in [0, 0.05) is 6.54 Å². The second kappa shape index (κ2) is 5.26. The first-order valence-corrected chi connectivity index (χ1v) is 7.67. The fourth-order valence-corrected chi connectivity index (χ4v) is 3.44. The standard InChI is InChI=1S/C13H18N4O2S/c1-8-6-11(7-14)4-5-12(8)20(18,19)17-13-9(2)15-16-10(13)3/h4-6,17H,7,14H2,1-3H3,(H,15,16). The van der Waals surface area contributed by atoms with Crippen LogP contribution in [0.3, 0.4) is 0 Å². The highest BCUT2D eigenvalue weighted by atomic mass is 32.2. The van der Waals surface area contributed by atoms with E-state index in [4.69, 9.17) is 5.73 Å². The SMILES string of the molecule is Cc1cc(CN)ccc1S(=O)(=O)Nc1c(C)n[nH]c1C. The zero-order chi connectivity index (χ0) is 14.9. The summed E-state index contributed by atoms with van der Waals surface area (Å²) in [4.78, 5) is 0.245. The fourth-order valence-electron chi connectivity index (χ4n) is 2.03. The van der Waals surface area contributed by atoms with Gasteiger partial charge in [-0.3, -0.25) is 9.82 Å². The molecule has 0 radical (unpaired) electrons. The van der Waals surface area contributed by atoms with Gasteiger partial charge in [-0.25, -0.2) is 8.42 Å². The Balaban J connectivity index is 2.41. The van der Waals surface area contributed by atoms with E-state index in [-0.39, 0.29) is 4.90 Å². The van der Waals surface area contributed by atoms with Gasteiger partial charge in [0.25, 0.3) is 10.0 Å². The molecule has 0 unspecified atom stereocenters. The van der Waals surface area contributed by atoms with Crippen LogP contribution < -0.4 is 10.5 Å². The van der Waals surface area contributed by atoms with E-state index in [0.717, 1.165) is 5.56 Å². The van der Waals surface area contributed by atoms with Crippen LogP contribution >= 0.6 is 0 Å². The molecule has 0 saturated carbocycles. The van der Waals surface area contributed by atoms with Gasteiger partial charge in [-0.2, -0.15) is 5.10 Å². The normalized spacial score (nSPS) is 11.6. The van der Waals surface area contributed by atoms with Crippen molar-refractivity contribution in [2.75, 3.05) is 4.72 Å². The molecule has 6 nitrogen and oxygen atoms in total. The Morgan fingerprint density at radius 3 is 2.50 bits per heavy atom. The Kier molecular flexibility index (Phi) is 3.82. The number of hydrogen-bond acceptors (Lipinski definition) is 4. The van der Waals surface area contributed by atoms with E-state index in [1.165, 1.54) is 0 Å². The largest absolute Gasteiger partial charge is 0.326 e. The number of benzene rings is 1. The summed E-state index contributed by atoms with van der Waals surface area (Å²) in [6, 6.07) is 5.07. The predicted octanol–water partition coefficient (Wildman–Crippen LogP) is 1.59. The molecule has 0 aliphatic carbocycles. The Bertz CT molecular complexity index is 715. The second-order valence-electron chi connectivity index (χ2n) is 4.72. The van der Waals surface area contributed by atoms with Crippen LogP contribution in [-0.2, 0) is 16.6 Å². The summed E-state index contributed by atoms with van der Waals surface area (Å²) in [6.07, 6.45) is 0. The number of aryl methyl sites for hydroxylation is 3. The lowest BCUT2D eigenvalue weighted by Crippen LogP contribution is -2.15. The van der Waals surface area contributed by atoms with Gasteiger partial charge in [0.2, 0.25) is 0 Å². The van der Waals surface area contributed by atoms with Crippen LogP contribution in [0.2, 0.25) is 0 Å². The molecule has 0 atom stereocenters.